The third kappa shape index (κ3) is 3.68. The van der Waals surface area contributed by atoms with Crippen molar-refractivity contribution in [1.29, 1.82) is 0 Å². The lowest BCUT2D eigenvalue weighted by Crippen LogP contribution is -2.46. The Hall–Kier alpha value is -3.01. The molecular formula is C18H22N4O6. The number of pyridine rings is 1. The highest BCUT2D eigenvalue weighted by Gasteiger charge is 2.32. The van der Waals surface area contributed by atoms with Gasteiger partial charge in [-0.1, -0.05) is 6.92 Å². The number of fused-ring (bicyclic) bond motifs is 1. The Kier molecular flexibility index (Phi) is 5.07. The summed E-state index contributed by atoms with van der Waals surface area (Å²) in [6.45, 7) is 2.70. The van der Waals surface area contributed by atoms with E-state index in [0.717, 1.165) is 19.8 Å². The van der Waals surface area contributed by atoms with Gasteiger partial charge in [-0.15, -0.1) is 0 Å². The van der Waals surface area contributed by atoms with Crippen LogP contribution < -0.4 is 16.6 Å². The second kappa shape index (κ2) is 7.19. The Morgan fingerprint density at radius 2 is 2.07 bits per heavy atom. The normalized spacial score (nSPS) is 16.0. The van der Waals surface area contributed by atoms with Gasteiger partial charge in [-0.3, -0.25) is 19.1 Å². The second-order valence-corrected chi connectivity index (χ2v) is 7.24. The van der Waals surface area contributed by atoms with Crippen molar-refractivity contribution in [1.82, 2.24) is 19.9 Å². The largest absolute Gasteiger partial charge is 0.479 e. The molecule has 0 bridgehead atoms. The smallest absolute Gasteiger partial charge is 0.337 e. The quantitative estimate of drug-likeness (QED) is 0.516. The summed E-state index contributed by atoms with van der Waals surface area (Å²) in [5.41, 5.74) is -2.75. The fourth-order valence-corrected chi connectivity index (χ4v) is 2.92. The first-order valence-corrected chi connectivity index (χ1v) is 9.07. The number of carboxylic acids is 1. The minimum atomic E-state index is -2.16. The number of aliphatic hydroxyl groups is 1. The molecule has 0 aliphatic heterocycles. The second-order valence-electron chi connectivity index (χ2n) is 7.24. The van der Waals surface area contributed by atoms with Crippen molar-refractivity contribution in [2.24, 2.45) is 0 Å². The van der Waals surface area contributed by atoms with Crippen molar-refractivity contribution in [3.8, 4) is 0 Å². The number of carboxylic acid groups (broad SMARTS) is 1. The first-order valence-electron chi connectivity index (χ1n) is 9.07. The topological polar surface area (TPSA) is 154 Å². The van der Waals surface area contributed by atoms with E-state index in [2.05, 4.69) is 15.3 Å². The van der Waals surface area contributed by atoms with Gasteiger partial charge in [0.2, 0.25) is 0 Å². The SMILES string of the molecule is CCCn1c(=O)[nH]c(=O)c2c(C(=O)NCC(C)(O)C(=O)O)cc(C3CC3)nc21. The molecule has 0 radical (unpaired) electrons. The molecule has 1 aliphatic rings. The summed E-state index contributed by atoms with van der Waals surface area (Å²) >= 11 is 0. The van der Waals surface area contributed by atoms with Crippen LogP contribution >= 0.6 is 0 Å². The van der Waals surface area contributed by atoms with E-state index in [9.17, 15) is 24.3 Å². The fraction of sp³-hybridized carbons (Fsp3) is 0.500. The summed E-state index contributed by atoms with van der Waals surface area (Å²) < 4.78 is 1.33. The highest BCUT2D eigenvalue weighted by atomic mass is 16.4. The Bertz CT molecular complexity index is 1060. The highest BCUT2D eigenvalue weighted by molar-refractivity contribution is 6.05. The third-order valence-electron chi connectivity index (χ3n) is 4.71. The van der Waals surface area contributed by atoms with E-state index in [4.69, 9.17) is 5.11 Å². The average molecular weight is 390 g/mol. The van der Waals surface area contributed by atoms with Gasteiger partial charge in [0.05, 0.1) is 17.5 Å². The summed E-state index contributed by atoms with van der Waals surface area (Å²) in [5, 5.41) is 21.1. The highest BCUT2D eigenvalue weighted by Crippen LogP contribution is 2.39. The zero-order chi connectivity index (χ0) is 20.6. The lowest BCUT2D eigenvalue weighted by Gasteiger charge is -2.19. The fourth-order valence-electron chi connectivity index (χ4n) is 2.92. The van der Waals surface area contributed by atoms with Crippen molar-refractivity contribution in [2.75, 3.05) is 6.54 Å². The summed E-state index contributed by atoms with van der Waals surface area (Å²) in [6, 6.07) is 1.50. The Balaban J connectivity index is 2.14. The molecule has 0 aromatic carbocycles. The number of aromatic nitrogens is 3. The Morgan fingerprint density at radius 1 is 1.39 bits per heavy atom. The van der Waals surface area contributed by atoms with E-state index in [1.165, 1.54) is 10.6 Å². The lowest BCUT2D eigenvalue weighted by atomic mass is 10.1. The van der Waals surface area contributed by atoms with E-state index in [-0.39, 0.29) is 22.5 Å². The number of hydrogen-bond donors (Lipinski definition) is 4. The summed E-state index contributed by atoms with van der Waals surface area (Å²) in [6.07, 6.45) is 2.42. The predicted octanol–water partition coefficient (Wildman–Crippen LogP) is -0.0624. The number of nitrogens with zero attached hydrogens (tertiary/aromatic N) is 2. The number of hydrogen-bond acceptors (Lipinski definition) is 6. The van der Waals surface area contributed by atoms with Crippen molar-refractivity contribution < 1.29 is 19.8 Å². The number of nitrogens with one attached hydrogen (secondary N) is 2. The molecule has 1 atom stereocenters. The number of H-pyrrole nitrogens is 1. The summed E-state index contributed by atoms with van der Waals surface area (Å²) in [5.74, 6) is -2.05. The molecule has 2 aromatic heterocycles. The van der Waals surface area contributed by atoms with Gasteiger partial charge in [0.1, 0.15) is 0 Å². The maximum atomic E-state index is 12.7. The predicted molar refractivity (Wildman–Crippen MR) is 99.5 cm³/mol. The van der Waals surface area contributed by atoms with Crippen LogP contribution in [0.25, 0.3) is 11.0 Å². The average Bonchev–Trinajstić information content (AvgIpc) is 3.47. The molecule has 1 fully saturated rings. The van der Waals surface area contributed by atoms with Gasteiger partial charge in [-0.25, -0.2) is 14.6 Å². The van der Waals surface area contributed by atoms with Crippen LogP contribution in [0.4, 0.5) is 0 Å². The molecule has 1 saturated carbocycles. The van der Waals surface area contributed by atoms with Crippen LogP contribution in [0.5, 0.6) is 0 Å². The van der Waals surface area contributed by atoms with E-state index in [1.807, 2.05) is 6.92 Å². The van der Waals surface area contributed by atoms with Gasteiger partial charge < -0.3 is 15.5 Å². The summed E-state index contributed by atoms with van der Waals surface area (Å²) in [4.78, 5) is 55.1. The van der Waals surface area contributed by atoms with Crippen LogP contribution in [0.1, 0.15) is 55.1 Å². The molecule has 2 heterocycles. The molecule has 28 heavy (non-hydrogen) atoms. The molecule has 10 nitrogen and oxygen atoms in total. The molecule has 1 aliphatic carbocycles. The molecule has 150 valence electrons. The number of rotatable bonds is 7. The monoisotopic (exact) mass is 390 g/mol. The van der Waals surface area contributed by atoms with Gasteiger partial charge in [-0.05, 0) is 32.3 Å². The van der Waals surface area contributed by atoms with Crippen molar-refractivity contribution in [2.45, 2.75) is 51.2 Å². The standard InChI is InChI=1S/C18H22N4O6/c1-3-6-22-13-12(15(24)21-17(22)27)10(7-11(20-13)9-4-5-9)14(23)19-8-18(2,28)16(25)26/h7,9,28H,3-6,8H2,1-2H3,(H,19,23)(H,25,26)(H,21,24,27). The van der Waals surface area contributed by atoms with Crippen LogP contribution in [0.2, 0.25) is 0 Å². The molecule has 0 spiro atoms. The van der Waals surface area contributed by atoms with Crippen molar-refractivity contribution in [3.05, 3.63) is 38.2 Å². The molecule has 4 N–H and O–H groups in total. The van der Waals surface area contributed by atoms with E-state index in [1.54, 1.807) is 0 Å². The molecule has 1 unspecified atom stereocenters. The number of carbonyl (C=O) groups excluding carboxylic acids is 1. The van der Waals surface area contributed by atoms with Gasteiger partial charge in [0.25, 0.3) is 11.5 Å². The van der Waals surface area contributed by atoms with Crippen molar-refractivity contribution >= 4 is 22.9 Å². The molecule has 3 rings (SSSR count). The third-order valence-corrected chi connectivity index (χ3v) is 4.71. The molecule has 10 heteroatoms. The van der Waals surface area contributed by atoms with Gasteiger partial charge in [-0.2, -0.15) is 0 Å². The lowest BCUT2D eigenvalue weighted by molar-refractivity contribution is -0.155. The van der Waals surface area contributed by atoms with E-state index >= 15 is 0 Å². The zero-order valence-electron chi connectivity index (χ0n) is 15.6. The Morgan fingerprint density at radius 3 is 2.64 bits per heavy atom. The van der Waals surface area contributed by atoms with Crippen LogP contribution in [-0.2, 0) is 11.3 Å². The van der Waals surface area contributed by atoms with E-state index < -0.39 is 35.3 Å². The number of carbonyl (C=O) groups is 2. The van der Waals surface area contributed by atoms with Gasteiger partial charge in [0, 0.05) is 18.2 Å². The maximum absolute atomic E-state index is 12.7. The van der Waals surface area contributed by atoms with Crippen LogP contribution in [0, 0.1) is 0 Å². The van der Waals surface area contributed by atoms with Crippen LogP contribution in [0.3, 0.4) is 0 Å². The summed E-state index contributed by atoms with van der Waals surface area (Å²) in [7, 11) is 0. The minimum Gasteiger partial charge on any atom is -0.479 e. The number of aryl methyl sites for hydroxylation is 1. The molecule has 2 aromatic rings. The molecular weight excluding hydrogens is 368 g/mol. The van der Waals surface area contributed by atoms with Crippen molar-refractivity contribution in [3.63, 3.8) is 0 Å². The number of amides is 1. The maximum Gasteiger partial charge on any atom is 0.337 e. The van der Waals surface area contributed by atoms with Gasteiger partial charge in [0.15, 0.2) is 11.2 Å². The van der Waals surface area contributed by atoms with Crippen LogP contribution in [-0.4, -0.2) is 48.8 Å². The number of aromatic amines is 1. The Labute approximate surface area is 159 Å². The van der Waals surface area contributed by atoms with Crippen LogP contribution in [0.15, 0.2) is 15.7 Å². The molecule has 0 saturated heterocycles. The van der Waals surface area contributed by atoms with E-state index in [0.29, 0.717) is 18.7 Å². The molecule has 1 amide bonds. The minimum absolute atomic E-state index is 0.000748. The number of aliphatic carboxylic acids is 1. The van der Waals surface area contributed by atoms with Gasteiger partial charge >= 0.3 is 11.7 Å². The zero-order valence-corrected chi connectivity index (χ0v) is 15.6. The first kappa shape index (κ1) is 19.7. The first-order chi connectivity index (χ1) is 13.2.